The van der Waals surface area contributed by atoms with Gasteiger partial charge in [-0.15, -0.1) is 0 Å². The van der Waals surface area contributed by atoms with Gasteiger partial charge in [0.25, 0.3) is 0 Å². The van der Waals surface area contributed by atoms with E-state index in [4.69, 9.17) is 0 Å². The Morgan fingerprint density at radius 3 is 2.87 bits per heavy atom. The Kier molecular flexibility index (Phi) is 2.90. The smallest absolute Gasteiger partial charge is 0.143 e. The number of benzene rings is 1. The molecule has 0 saturated carbocycles. The Hall–Kier alpha value is -1.11. The Morgan fingerprint density at radius 2 is 2.20 bits per heavy atom. The van der Waals surface area contributed by atoms with E-state index in [1.165, 1.54) is 11.1 Å². The molecule has 2 atom stereocenters. The first-order valence-corrected chi connectivity index (χ1v) is 5.85. The van der Waals surface area contributed by atoms with Gasteiger partial charge in [0.1, 0.15) is 5.78 Å². The fraction of sp³-hybridized carbons (Fsp3) is 0.500. The van der Waals surface area contributed by atoms with Crippen LogP contribution in [0.3, 0.4) is 0 Å². The predicted octanol–water partition coefficient (Wildman–Crippen LogP) is 3.33. The summed E-state index contributed by atoms with van der Waals surface area (Å²) < 4.78 is 0. The molecular formula is C14H18O. The van der Waals surface area contributed by atoms with Gasteiger partial charge in [-0.2, -0.15) is 0 Å². The molecule has 0 fully saturated rings. The van der Waals surface area contributed by atoms with Crippen LogP contribution in [0.25, 0.3) is 0 Å². The van der Waals surface area contributed by atoms with Crippen LogP contribution in [-0.2, 0) is 11.2 Å². The number of hydrogen-bond donors (Lipinski definition) is 0. The maximum absolute atomic E-state index is 12.1. The SMILES string of the molecule is CCCC(C)C(=O)C1Cc2ccccc21. The molecule has 0 N–H and O–H groups in total. The molecule has 0 aliphatic heterocycles. The molecule has 2 unspecified atom stereocenters. The Morgan fingerprint density at radius 1 is 1.47 bits per heavy atom. The van der Waals surface area contributed by atoms with Crippen molar-refractivity contribution in [3.8, 4) is 0 Å². The number of fused-ring (bicyclic) bond motifs is 1. The summed E-state index contributed by atoms with van der Waals surface area (Å²) in [5.41, 5.74) is 2.63. The number of hydrogen-bond acceptors (Lipinski definition) is 1. The van der Waals surface area contributed by atoms with Crippen molar-refractivity contribution < 1.29 is 4.79 Å². The molecule has 80 valence electrons. The third kappa shape index (κ3) is 1.83. The molecule has 0 amide bonds. The van der Waals surface area contributed by atoms with E-state index in [2.05, 4.69) is 32.0 Å². The highest BCUT2D eigenvalue weighted by molar-refractivity contribution is 5.90. The van der Waals surface area contributed by atoms with Gasteiger partial charge in [-0.1, -0.05) is 44.5 Å². The number of Topliss-reactive ketones (excluding diaryl/α,β-unsaturated/α-hetero) is 1. The minimum Gasteiger partial charge on any atom is -0.299 e. The van der Waals surface area contributed by atoms with E-state index in [1.54, 1.807) is 0 Å². The first-order valence-electron chi connectivity index (χ1n) is 5.85. The number of ketones is 1. The first kappa shape index (κ1) is 10.4. The lowest BCUT2D eigenvalue weighted by molar-refractivity contribution is -0.124. The van der Waals surface area contributed by atoms with Crippen molar-refractivity contribution in [2.24, 2.45) is 5.92 Å². The molecule has 0 heterocycles. The minimum atomic E-state index is 0.197. The van der Waals surface area contributed by atoms with E-state index < -0.39 is 0 Å². The average molecular weight is 202 g/mol. The van der Waals surface area contributed by atoms with Crippen molar-refractivity contribution in [1.29, 1.82) is 0 Å². The fourth-order valence-corrected chi connectivity index (χ4v) is 2.43. The summed E-state index contributed by atoms with van der Waals surface area (Å²) in [6.45, 7) is 4.20. The van der Waals surface area contributed by atoms with Gasteiger partial charge in [0, 0.05) is 11.8 Å². The molecular weight excluding hydrogens is 184 g/mol. The molecule has 1 aliphatic carbocycles. The molecule has 1 aromatic rings. The lowest BCUT2D eigenvalue weighted by Crippen LogP contribution is -2.29. The predicted molar refractivity (Wildman–Crippen MR) is 62.0 cm³/mol. The molecule has 0 saturated heterocycles. The second-order valence-electron chi connectivity index (χ2n) is 4.55. The average Bonchev–Trinajstić information content (AvgIpc) is 2.20. The van der Waals surface area contributed by atoms with Crippen molar-refractivity contribution in [2.75, 3.05) is 0 Å². The van der Waals surface area contributed by atoms with Crippen LogP contribution < -0.4 is 0 Å². The van der Waals surface area contributed by atoms with Crippen molar-refractivity contribution in [2.45, 2.75) is 39.0 Å². The van der Waals surface area contributed by atoms with Crippen molar-refractivity contribution in [3.63, 3.8) is 0 Å². The molecule has 0 radical (unpaired) electrons. The Labute approximate surface area is 91.5 Å². The van der Waals surface area contributed by atoms with Crippen LogP contribution in [0.1, 0.15) is 43.7 Å². The molecule has 1 aromatic carbocycles. The molecule has 0 aromatic heterocycles. The monoisotopic (exact) mass is 202 g/mol. The number of carbonyl (C=O) groups excluding carboxylic acids is 1. The highest BCUT2D eigenvalue weighted by atomic mass is 16.1. The molecule has 1 aliphatic rings. The van der Waals surface area contributed by atoms with Gasteiger partial charge in [0.2, 0.25) is 0 Å². The molecule has 0 spiro atoms. The summed E-state index contributed by atoms with van der Waals surface area (Å²) in [6.07, 6.45) is 3.09. The van der Waals surface area contributed by atoms with E-state index in [0.717, 1.165) is 19.3 Å². The van der Waals surface area contributed by atoms with Gasteiger partial charge in [0.05, 0.1) is 0 Å². The van der Waals surface area contributed by atoms with Crippen molar-refractivity contribution in [3.05, 3.63) is 35.4 Å². The lowest BCUT2D eigenvalue weighted by Gasteiger charge is -2.30. The van der Waals surface area contributed by atoms with E-state index in [1.807, 2.05) is 6.07 Å². The second kappa shape index (κ2) is 4.18. The van der Waals surface area contributed by atoms with Crippen LogP contribution in [0.15, 0.2) is 24.3 Å². The fourth-order valence-electron chi connectivity index (χ4n) is 2.43. The standard InChI is InChI=1S/C14H18O/c1-3-6-10(2)14(15)13-9-11-7-4-5-8-12(11)13/h4-5,7-8,10,13H,3,6,9H2,1-2H3. The van der Waals surface area contributed by atoms with Crippen LogP contribution in [0.5, 0.6) is 0 Å². The van der Waals surface area contributed by atoms with E-state index in [0.29, 0.717) is 5.78 Å². The zero-order chi connectivity index (χ0) is 10.8. The highest BCUT2D eigenvalue weighted by Crippen LogP contribution is 2.37. The van der Waals surface area contributed by atoms with Crippen LogP contribution in [0, 0.1) is 5.92 Å². The van der Waals surface area contributed by atoms with Gasteiger partial charge in [-0.05, 0) is 24.0 Å². The zero-order valence-electron chi connectivity index (χ0n) is 9.49. The van der Waals surface area contributed by atoms with Crippen LogP contribution >= 0.6 is 0 Å². The highest BCUT2D eigenvalue weighted by Gasteiger charge is 2.33. The quantitative estimate of drug-likeness (QED) is 0.732. The third-order valence-electron chi connectivity index (χ3n) is 3.41. The molecule has 2 rings (SSSR count). The van der Waals surface area contributed by atoms with Gasteiger partial charge in [-0.25, -0.2) is 0 Å². The summed E-state index contributed by atoms with van der Waals surface area (Å²) in [6, 6.07) is 8.31. The normalized spacial score (nSPS) is 20.3. The Bertz CT molecular complexity index is 367. The second-order valence-corrected chi connectivity index (χ2v) is 4.55. The molecule has 1 nitrogen and oxygen atoms in total. The van der Waals surface area contributed by atoms with E-state index in [-0.39, 0.29) is 11.8 Å². The van der Waals surface area contributed by atoms with E-state index >= 15 is 0 Å². The topological polar surface area (TPSA) is 17.1 Å². The summed E-state index contributed by atoms with van der Waals surface area (Å²) in [7, 11) is 0. The molecule has 1 heteroatoms. The maximum Gasteiger partial charge on any atom is 0.143 e. The number of carbonyl (C=O) groups is 1. The summed E-state index contributed by atoms with van der Waals surface area (Å²) >= 11 is 0. The van der Waals surface area contributed by atoms with Gasteiger partial charge in [-0.3, -0.25) is 4.79 Å². The molecule has 0 bridgehead atoms. The number of rotatable bonds is 4. The van der Waals surface area contributed by atoms with Gasteiger partial charge >= 0.3 is 0 Å². The third-order valence-corrected chi connectivity index (χ3v) is 3.41. The van der Waals surface area contributed by atoms with Crippen molar-refractivity contribution >= 4 is 5.78 Å². The van der Waals surface area contributed by atoms with Crippen LogP contribution in [0.4, 0.5) is 0 Å². The van der Waals surface area contributed by atoms with Gasteiger partial charge in [0.15, 0.2) is 0 Å². The molecule has 15 heavy (non-hydrogen) atoms. The Balaban J connectivity index is 2.07. The van der Waals surface area contributed by atoms with E-state index in [9.17, 15) is 4.79 Å². The summed E-state index contributed by atoms with van der Waals surface area (Å²) in [4.78, 5) is 12.1. The summed E-state index contributed by atoms with van der Waals surface area (Å²) in [5, 5.41) is 0. The summed E-state index contributed by atoms with van der Waals surface area (Å²) in [5.74, 6) is 0.867. The van der Waals surface area contributed by atoms with Crippen molar-refractivity contribution in [1.82, 2.24) is 0 Å². The minimum absolute atomic E-state index is 0.197. The zero-order valence-corrected chi connectivity index (χ0v) is 9.49. The lowest BCUT2D eigenvalue weighted by atomic mass is 9.72. The maximum atomic E-state index is 12.1. The van der Waals surface area contributed by atoms with Crippen LogP contribution in [-0.4, -0.2) is 5.78 Å². The van der Waals surface area contributed by atoms with Gasteiger partial charge < -0.3 is 0 Å². The van der Waals surface area contributed by atoms with Crippen LogP contribution in [0.2, 0.25) is 0 Å². The first-order chi connectivity index (χ1) is 7.24. The largest absolute Gasteiger partial charge is 0.299 e.